The molecule has 2 aromatic rings. The zero-order valence-electron chi connectivity index (χ0n) is 12.1. The van der Waals surface area contributed by atoms with Crippen molar-refractivity contribution in [3.8, 4) is 0 Å². The highest BCUT2D eigenvalue weighted by Crippen LogP contribution is 2.30. The van der Waals surface area contributed by atoms with Gasteiger partial charge < -0.3 is 9.73 Å². The highest BCUT2D eigenvalue weighted by Gasteiger charge is 2.25. The molecule has 21 heavy (non-hydrogen) atoms. The van der Waals surface area contributed by atoms with Gasteiger partial charge in [0, 0.05) is 29.7 Å². The van der Waals surface area contributed by atoms with Crippen LogP contribution in [0.4, 0.5) is 13.2 Å². The summed E-state index contributed by atoms with van der Waals surface area (Å²) in [6.07, 6.45) is 2.91. The van der Waals surface area contributed by atoms with Gasteiger partial charge in [0.1, 0.15) is 23.2 Å². The van der Waals surface area contributed by atoms with Crippen LogP contribution in [0.2, 0.25) is 0 Å². The highest BCUT2D eigenvalue weighted by atomic mass is 19.1. The number of rotatable bonds is 6. The number of aryl methyl sites for hydroxylation is 1. The van der Waals surface area contributed by atoms with Crippen LogP contribution in [-0.4, -0.2) is 6.54 Å². The van der Waals surface area contributed by atoms with Crippen LogP contribution in [0.5, 0.6) is 0 Å². The van der Waals surface area contributed by atoms with Crippen LogP contribution in [0, 0.1) is 17.5 Å². The van der Waals surface area contributed by atoms with Crippen LogP contribution in [0.25, 0.3) is 0 Å². The number of hydrogen-bond donors (Lipinski definition) is 1. The molecule has 2 nitrogen and oxygen atoms in total. The number of nitrogens with one attached hydrogen (secondary N) is 1. The van der Waals surface area contributed by atoms with Crippen LogP contribution in [0.15, 0.2) is 28.9 Å². The standard InChI is InChI=1S/C16H18F3NO/c1-3-6-20-16(11-5-7-21-14(11)4-2)15-12(18)8-10(17)9-13(15)19/h5,7-9,16,20H,3-4,6H2,1-2H3. The van der Waals surface area contributed by atoms with Crippen molar-refractivity contribution < 1.29 is 17.6 Å². The smallest absolute Gasteiger partial charge is 0.134 e. The van der Waals surface area contributed by atoms with Gasteiger partial charge in [-0.2, -0.15) is 0 Å². The summed E-state index contributed by atoms with van der Waals surface area (Å²) in [4.78, 5) is 0. The van der Waals surface area contributed by atoms with Crippen molar-refractivity contribution in [2.24, 2.45) is 0 Å². The minimum atomic E-state index is -0.925. The SMILES string of the molecule is CCCNC(c1ccoc1CC)c1c(F)cc(F)cc1F. The second kappa shape index (κ2) is 6.80. The summed E-state index contributed by atoms with van der Waals surface area (Å²) >= 11 is 0. The fraction of sp³-hybridized carbons (Fsp3) is 0.375. The van der Waals surface area contributed by atoms with Gasteiger partial charge in [-0.25, -0.2) is 13.2 Å². The fourth-order valence-corrected chi connectivity index (χ4v) is 2.38. The van der Waals surface area contributed by atoms with Crippen LogP contribution in [-0.2, 0) is 6.42 Å². The van der Waals surface area contributed by atoms with Gasteiger partial charge in [0.2, 0.25) is 0 Å². The molecule has 0 saturated heterocycles. The zero-order valence-corrected chi connectivity index (χ0v) is 12.1. The topological polar surface area (TPSA) is 25.2 Å². The van der Waals surface area contributed by atoms with Crippen molar-refractivity contribution in [2.75, 3.05) is 6.54 Å². The van der Waals surface area contributed by atoms with Crippen molar-refractivity contribution in [1.82, 2.24) is 5.32 Å². The van der Waals surface area contributed by atoms with E-state index in [0.717, 1.165) is 6.42 Å². The second-order valence-electron chi connectivity index (χ2n) is 4.82. The van der Waals surface area contributed by atoms with Crippen LogP contribution >= 0.6 is 0 Å². The van der Waals surface area contributed by atoms with Gasteiger partial charge in [0.05, 0.1) is 12.3 Å². The van der Waals surface area contributed by atoms with Gasteiger partial charge in [-0.3, -0.25) is 0 Å². The van der Waals surface area contributed by atoms with Gasteiger partial charge >= 0.3 is 0 Å². The van der Waals surface area contributed by atoms with Crippen molar-refractivity contribution in [3.05, 3.63) is 58.8 Å². The summed E-state index contributed by atoms with van der Waals surface area (Å²) in [6, 6.07) is 2.39. The third-order valence-electron chi connectivity index (χ3n) is 3.34. The molecule has 0 saturated carbocycles. The lowest BCUT2D eigenvalue weighted by Gasteiger charge is -2.20. The quantitative estimate of drug-likeness (QED) is 0.857. The van der Waals surface area contributed by atoms with Crippen LogP contribution in [0.3, 0.4) is 0 Å². The van der Waals surface area contributed by atoms with E-state index in [1.807, 2.05) is 13.8 Å². The number of hydrogen-bond acceptors (Lipinski definition) is 2. The summed E-state index contributed by atoms with van der Waals surface area (Å²) < 4.78 is 46.6. The van der Waals surface area contributed by atoms with Gasteiger partial charge in [-0.05, 0) is 19.0 Å². The average molecular weight is 297 g/mol. The Morgan fingerprint density at radius 2 is 1.81 bits per heavy atom. The molecule has 0 aliphatic heterocycles. The first-order chi connectivity index (χ1) is 10.1. The van der Waals surface area contributed by atoms with Crippen molar-refractivity contribution in [2.45, 2.75) is 32.7 Å². The Bertz CT molecular complexity index is 586. The summed E-state index contributed by atoms with van der Waals surface area (Å²) in [6.45, 7) is 4.43. The molecule has 0 amide bonds. The van der Waals surface area contributed by atoms with E-state index >= 15 is 0 Å². The molecule has 0 radical (unpaired) electrons. The summed E-state index contributed by atoms with van der Waals surface area (Å²) in [5, 5.41) is 3.10. The Balaban J connectivity index is 2.51. The Morgan fingerprint density at radius 3 is 2.38 bits per heavy atom. The molecule has 1 aromatic heterocycles. The third kappa shape index (κ3) is 3.29. The normalized spacial score (nSPS) is 12.6. The maximum absolute atomic E-state index is 14.1. The summed E-state index contributed by atoms with van der Waals surface area (Å²) in [5.74, 6) is -2.06. The molecule has 0 aliphatic rings. The largest absolute Gasteiger partial charge is 0.469 e. The monoisotopic (exact) mass is 297 g/mol. The molecule has 0 spiro atoms. The molecule has 0 fully saturated rings. The van der Waals surface area contributed by atoms with E-state index in [-0.39, 0.29) is 5.56 Å². The Hall–Kier alpha value is -1.75. The Kier molecular flexibility index (Phi) is 5.07. The van der Waals surface area contributed by atoms with Crippen LogP contribution in [0.1, 0.15) is 43.2 Å². The molecular formula is C16H18F3NO. The predicted molar refractivity (Wildman–Crippen MR) is 74.5 cm³/mol. The molecule has 1 aromatic carbocycles. The third-order valence-corrected chi connectivity index (χ3v) is 3.34. The predicted octanol–water partition coefficient (Wildman–Crippen LogP) is 4.35. The molecule has 2 rings (SSSR count). The number of halogens is 3. The molecular weight excluding hydrogens is 279 g/mol. The van der Waals surface area contributed by atoms with E-state index < -0.39 is 23.5 Å². The number of furan rings is 1. The lowest BCUT2D eigenvalue weighted by Crippen LogP contribution is -2.25. The van der Waals surface area contributed by atoms with Gasteiger partial charge in [-0.1, -0.05) is 13.8 Å². The Morgan fingerprint density at radius 1 is 1.14 bits per heavy atom. The van der Waals surface area contributed by atoms with Gasteiger partial charge in [-0.15, -0.1) is 0 Å². The Labute approximate surface area is 122 Å². The first kappa shape index (κ1) is 15.6. The maximum atomic E-state index is 14.1. The molecule has 1 heterocycles. The lowest BCUT2D eigenvalue weighted by atomic mass is 9.97. The van der Waals surface area contributed by atoms with Gasteiger partial charge in [0.25, 0.3) is 0 Å². The highest BCUT2D eigenvalue weighted by molar-refractivity contribution is 5.35. The van der Waals surface area contributed by atoms with E-state index in [1.54, 1.807) is 6.07 Å². The molecule has 5 heteroatoms. The van der Waals surface area contributed by atoms with Crippen molar-refractivity contribution in [3.63, 3.8) is 0 Å². The van der Waals surface area contributed by atoms with E-state index in [2.05, 4.69) is 5.32 Å². The molecule has 1 unspecified atom stereocenters. The van der Waals surface area contributed by atoms with Crippen LogP contribution < -0.4 is 5.32 Å². The zero-order chi connectivity index (χ0) is 15.4. The fourth-order valence-electron chi connectivity index (χ4n) is 2.38. The molecule has 114 valence electrons. The lowest BCUT2D eigenvalue weighted by molar-refractivity contribution is 0.472. The first-order valence-electron chi connectivity index (χ1n) is 7.02. The van der Waals surface area contributed by atoms with Crippen molar-refractivity contribution >= 4 is 0 Å². The summed E-state index contributed by atoms with van der Waals surface area (Å²) in [7, 11) is 0. The average Bonchev–Trinajstić information content (AvgIpc) is 2.89. The minimum Gasteiger partial charge on any atom is -0.469 e. The second-order valence-corrected chi connectivity index (χ2v) is 4.82. The summed E-state index contributed by atoms with van der Waals surface area (Å²) in [5.41, 5.74) is 0.497. The molecule has 1 N–H and O–H groups in total. The van der Waals surface area contributed by atoms with E-state index in [0.29, 0.717) is 36.4 Å². The maximum Gasteiger partial charge on any atom is 0.134 e. The van der Waals surface area contributed by atoms with E-state index in [9.17, 15) is 13.2 Å². The van der Waals surface area contributed by atoms with Crippen molar-refractivity contribution in [1.29, 1.82) is 0 Å². The van der Waals surface area contributed by atoms with Gasteiger partial charge in [0.15, 0.2) is 0 Å². The molecule has 0 bridgehead atoms. The first-order valence-corrected chi connectivity index (χ1v) is 7.02. The van der Waals surface area contributed by atoms with E-state index in [1.165, 1.54) is 6.26 Å². The molecule has 0 aliphatic carbocycles. The van der Waals surface area contributed by atoms with E-state index in [4.69, 9.17) is 4.42 Å². The minimum absolute atomic E-state index is 0.180. The number of benzene rings is 1. The molecule has 1 atom stereocenters.